The fraction of sp³-hybridized carbons (Fsp3) is 0.367. The van der Waals surface area contributed by atoms with Gasteiger partial charge in [-0.1, -0.05) is 53.7 Å². The Morgan fingerprint density at radius 1 is 0.919 bits per heavy atom. The maximum Gasteiger partial charge on any atom is 0.224 e. The summed E-state index contributed by atoms with van der Waals surface area (Å²) in [5.74, 6) is 0.0786. The summed E-state index contributed by atoms with van der Waals surface area (Å²) in [7, 11) is 0. The average Bonchev–Trinajstić information content (AvgIpc) is 3.35. The quantitative estimate of drug-likeness (QED) is 0.285. The fourth-order valence-electron chi connectivity index (χ4n) is 5.06. The van der Waals surface area contributed by atoms with Crippen LogP contribution in [0.2, 0.25) is 0 Å². The summed E-state index contributed by atoms with van der Waals surface area (Å²) < 4.78 is 1.99. The lowest BCUT2D eigenvalue weighted by Gasteiger charge is -2.34. The SMILES string of the molecule is O=C(CCCc1ccccc1)Nc1cccc(N2CCC(NCCCn3nnc4ccccc43)CC2)c1. The van der Waals surface area contributed by atoms with Crippen LogP contribution in [0.1, 0.15) is 37.7 Å². The zero-order valence-electron chi connectivity index (χ0n) is 21.4. The number of piperidine rings is 1. The van der Waals surface area contributed by atoms with Crippen LogP contribution in [0, 0.1) is 0 Å². The molecule has 0 aliphatic carbocycles. The van der Waals surface area contributed by atoms with Crippen LogP contribution >= 0.6 is 0 Å². The van der Waals surface area contributed by atoms with Crippen molar-refractivity contribution in [3.05, 3.63) is 84.4 Å². The first-order chi connectivity index (χ1) is 18.2. The maximum atomic E-state index is 12.5. The zero-order chi connectivity index (χ0) is 25.3. The molecule has 2 heterocycles. The van der Waals surface area contributed by atoms with Gasteiger partial charge in [0.25, 0.3) is 0 Å². The predicted molar refractivity (Wildman–Crippen MR) is 150 cm³/mol. The molecule has 0 radical (unpaired) electrons. The van der Waals surface area contributed by atoms with Gasteiger partial charge in [0, 0.05) is 43.5 Å². The Labute approximate surface area is 218 Å². The highest BCUT2D eigenvalue weighted by Gasteiger charge is 2.19. The van der Waals surface area contributed by atoms with Crippen molar-refractivity contribution in [2.24, 2.45) is 0 Å². The number of benzene rings is 3. The number of nitrogens with zero attached hydrogens (tertiary/aromatic N) is 4. The van der Waals surface area contributed by atoms with Crippen molar-refractivity contribution in [1.82, 2.24) is 20.3 Å². The molecule has 0 saturated carbocycles. The van der Waals surface area contributed by atoms with Crippen LogP contribution < -0.4 is 15.5 Å². The van der Waals surface area contributed by atoms with Crippen LogP contribution in [0.25, 0.3) is 11.0 Å². The Morgan fingerprint density at radius 2 is 1.73 bits per heavy atom. The van der Waals surface area contributed by atoms with Gasteiger partial charge in [-0.05, 0) is 74.5 Å². The van der Waals surface area contributed by atoms with Gasteiger partial charge in [0.2, 0.25) is 5.91 Å². The van der Waals surface area contributed by atoms with Gasteiger partial charge in [-0.2, -0.15) is 0 Å². The summed E-state index contributed by atoms with van der Waals surface area (Å²) in [5.41, 5.74) is 5.39. The summed E-state index contributed by atoms with van der Waals surface area (Å²) in [6.07, 6.45) is 5.56. The van der Waals surface area contributed by atoms with E-state index >= 15 is 0 Å². The van der Waals surface area contributed by atoms with Gasteiger partial charge < -0.3 is 15.5 Å². The van der Waals surface area contributed by atoms with E-state index in [2.05, 4.69) is 56.2 Å². The summed E-state index contributed by atoms with van der Waals surface area (Å²) in [6.45, 7) is 3.88. The molecule has 1 aliphatic rings. The van der Waals surface area contributed by atoms with E-state index in [0.29, 0.717) is 12.5 Å². The Kier molecular flexibility index (Phi) is 8.43. The molecule has 37 heavy (non-hydrogen) atoms. The van der Waals surface area contributed by atoms with Crippen LogP contribution in [-0.2, 0) is 17.8 Å². The highest BCUT2D eigenvalue weighted by Crippen LogP contribution is 2.23. The molecule has 1 aliphatic heterocycles. The van der Waals surface area contributed by atoms with Crippen molar-refractivity contribution in [3.63, 3.8) is 0 Å². The van der Waals surface area contributed by atoms with Gasteiger partial charge in [0.15, 0.2) is 0 Å². The molecule has 1 aromatic heterocycles. The van der Waals surface area contributed by atoms with Gasteiger partial charge in [-0.25, -0.2) is 4.68 Å². The number of aromatic nitrogens is 3. The third kappa shape index (κ3) is 6.95. The second-order valence-electron chi connectivity index (χ2n) is 9.81. The number of anilines is 2. The second kappa shape index (κ2) is 12.5. The second-order valence-corrected chi connectivity index (χ2v) is 9.81. The number of carbonyl (C=O) groups excluding carboxylic acids is 1. The van der Waals surface area contributed by atoms with Crippen molar-refractivity contribution in [1.29, 1.82) is 0 Å². The van der Waals surface area contributed by atoms with Crippen molar-refractivity contribution in [3.8, 4) is 0 Å². The van der Waals surface area contributed by atoms with Crippen molar-refractivity contribution in [2.75, 3.05) is 29.9 Å². The van der Waals surface area contributed by atoms with E-state index in [0.717, 1.165) is 75.0 Å². The molecule has 0 spiro atoms. The molecule has 1 amide bonds. The fourth-order valence-corrected chi connectivity index (χ4v) is 5.06. The van der Waals surface area contributed by atoms with E-state index in [9.17, 15) is 4.79 Å². The van der Waals surface area contributed by atoms with E-state index in [-0.39, 0.29) is 5.91 Å². The zero-order valence-corrected chi connectivity index (χ0v) is 21.4. The number of hydrogen-bond donors (Lipinski definition) is 2. The molecule has 3 aromatic carbocycles. The van der Waals surface area contributed by atoms with E-state index in [4.69, 9.17) is 0 Å². The highest BCUT2D eigenvalue weighted by atomic mass is 16.1. The lowest BCUT2D eigenvalue weighted by Crippen LogP contribution is -2.43. The topological polar surface area (TPSA) is 75.1 Å². The lowest BCUT2D eigenvalue weighted by molar-refractivity contribution is -0.116. The monoisotopic (exact) mass is 496 g/mol. The normalized spacial score (nSPS) is 14.2. The van der Waals surface area contributed by atoms with E-state index in [1.165, 1.54) is 11.3 Å². The standard InChI is InChI=1S/C30H36N6O/c37-30(16-6-11-24-9-2-1-3-10-24)32-26-12-7-13-27(23-26)35-21-17-25(18-22-35)31-19-8-20-36-29-15-5-4-14-28(29)33-34-36/h1-5,7,9-10,12-15,23,25,31H,6,8,11,16-22H2,(H,32,37). The molecular weight excluding hydrogens is 460 g/mol. The molecule has 1 fully saturated rings. The number of carbonyl (C=O) groups is 1. The average molecular weight is 497 g/mol. The summed E-state index contributed by atoms with van der Waals surface area (Å²) >= 11 is 0. The Morgan fingerprint density at radius 3 is 2.59 bits per heavy atom. The summed E-state index contributed by atoms with van der Waals surface area (Å²) in [4.78, 5) is 14.9. The molecule has 192 valence electrons. The van der Waals surface area contributed by atoms with Crippen LogP contribution in [-0.4, -0.2) is 46.6 Å². The molecule has 1 saturated heterocycles. The van der Waals surface area contributed by atoms with Crippen LogP contribution in [0.3, 0.4) is 0 Å². The maximum absolute atomic E-state index is 12.5. The molecule has 7 heteroatoms. The summed E-state index contributed by atoms with van der Waals surface area (Å²) in [5, 5.41) is 15.3. The minimum Gasteiger partial charge on any atom is -0.371 e. The Hall–Kier alpha value is -3.71. The van der Waals surface area contributed by atoms with Crippen LogP contribution in [0.15, 0.2) is 78.9 Å². The van der Waals surface area contributed by atoms with Gasteiger partial charge in [-0.15, -0.1) is 5.10 Å². The van der Waals surface area contributed by atoms with Gasteiger partial charge in [0.1, 0.15) is 5.52 Å². The van der Waals surface area contributed by atoms with Crippen molar-refractivity contribution >= 4 is 28.3 Å². The number of hydrogen-bond acceptors (Lipinski definition) is 5. The molecule has 7 nitrogen and oxygen atoms in total. The van der Waals surface area contributed by atoms with Crippen molar-refractivity contribution < 1.29 is 4.79 Å². The van der Waals surface area contributed by atoms with E-state index in [1.807, 2.05) is 53.2 Å². The van der Waals surface area contributed by atoms with Gasteiger partial charge in [0.05, 0.1) is 5.52 Å². The smallest absolute Gasteiger partial charge is 0.224 e. The first kappa shape index (κ1) is 25.0. The van der Waals surface area contributed by atoms with E-state index in [1.54, 1.807) is 0 Å². The first-order valence-corrected chi connectivity index (χ1v) is 13.4. The molecule has 0 unspecified atom stereocenters. The Balaban J connectivity index is 1.01. The third-order valence-electron chi connectivity index (χ3n) is 7.10. The number of amides is 1. The van der Waals surface area contributed by atoms with Gasteiger partial charge >= 0.3 is 0 Å². The number of fused-ring (bicyclic) bond motifs is 1. The minimum atomic E-state index is 0.0786. The summed E-state index contributed by atoms with van der Waals surface area (Å²) in [6, 6.07) is 27.2. The van der Waals surface area contributed by atoms with E-state index < -0.39 is 0 Å². The highest BCUT2D eigenvalue weighted by molar-refractivity contribution is 5.91. The largest absolute Gasteiger partial charge is 0.371 e. The predicted octanol–water partition coefficient (Wildman–Crippen LogP) is 5.04. The van der Waals surface area contributed by atoms with Gasteiger partial charge in [-0.3, -0.25) is 4.79 Å². The number of nitrogens with one attached hydrogen (secondary N) is 2. The molecular formula is C30H36N6O. The lowest BCUT2D eigenvalue weighted by atomic mass is 10.0. The van der Waals surface area contributed by atoms with Crippen LogP contribution in [0.4, 0.5) is 11.4 Å². The van der Waals surface area contributed by atoms with Crippen molar-refractivity contribution in [2.45, 2.75) is 51.1 Å². The molecule has 0 bridgehead atoms. The molecule has 2 N–H and O–H groups in total. The molecule has 0 atom stereocenters. The number of para-hydroxylation sites is 1. The third-order valence-corrected chi connectivity index (χ3v) is 7.10. The Bertz CT molecular complexity index is 1280. The number of aryl methyl sites for hydroxylation is 2. The molecule has 5 rings (SSSR count). The van der Waals surface area contributed by atoms with Crippen LogP contribution in [0.5, 0.6) is 0 Å². The number of rotatable bonds is 11. The molecule has 4 aromatic rings. The minimum absolute atomic E-state index is 0.0786. The first-order valence-electron chi connectivity index (χ1n) is 13.4.